The molecule has 0 fully saturated rings. The van der Waals surface area contributed by atoms with Gasteiger partial charge in [0.15, 0.2) is 0 Å². The van der Waals surface area contributed by atoms with E-state index in [2.05, 4.69) is 24.8 Å². The maximum atomic E-state index is 9.90. The van der Waals surface area contributed by atoms with E-state index in [-0.39, 0.29) is 12.8 Å². The second kappa shape index (κ2) is 10.8. The molecule has 0 spiro atoms. The first-order chi connectivity index (χ1) is 6.40. The minimum atomic E-state index is -0.799. The molecule has 0 saturated carbocycles. The fourth-order valence-corrected chi connectivity index (χ4v) is 1.20. The number of rotatable bonds is 4. The monoisotopic (exact) mass is 256 g/mol. The van der Waals surface area contributed by atoms with Gasteiger partial charge in [-0.05, 0) is 0 Å². The topological polar surface area (TPSA) is 74.6 Å². The quantitative estimate of drug-likeness (QED) is 0.527. The smallest absolute Gasteiger partial charge is 0.304 e. The minimum absolute atomic E-state index is 0.144. The van der Waals surface area contributed by atoms with Gasteiger partial charge in [0, 0.05) is 12.2 Å². The third-order valence-electron chi connectivity index (χ3n) is 0.844. The molecule has 4 nitrogen and oxygen atoms in total. The molecule has 0 aliphatic rings. The minimum Gasteiger partial charge on any atom is -0.481 e. The second-order valence-electron chi connectivity index (χ2n) is 2.01. The summed E-state index contributed by atoms with van der Waals surface area (Å²) >= 11 is 9.66. The third-order valence-corrected chi connectivity index (χ3v) is 2.24. The molecular weight excluding hydrogens is 244 g/mol. The van der Waals surface area contributed by atoms with Crippen molar-refractivity contribution in [3.63, 3.8) is 0 Å². The molecule has 7 heteroatoms. The lowest BCUT2D eigenvalue weighted by atomic mass is 10.5. The van der Waals surface area contributed by atoms with E-state index in [4.69, 9.17) is 10.2 Å². The lowest BCUT2D eigenvalue weighted by Gasteiger charge is -1.91. The molecule has 0 radical (unpaired) electrons. The Morgan fingerprint density at radius 1 is 1.36 bits per heavy atom. The number of thioether (sulfide) groups is 1. The van der Waals surface area contributed by atoms with Gasteiger partial charge in [0.2, 0.25) is 0 Å². The number of thiocarbonyl (C=S) groups is 1. The molecule has 0 bridgehead atoms. The summed E-state index contributed by atoms with van der Waals surface area (Å²) < 4.78 is 0.497. The van der Waals surface area contributed by atoms with E-state index in [1.165, 1.54) is 11.8 Å². The van der Waals surface area contributed by atoms with E-state index in [1.807, 2.05) is 0 Å². The van der Waals surface area contributed by atoms with Gasteiger partial charge in [-0.2, -0.15) is 0 Å². The van der Waals surface area contributed by atoms with Gasteiger partial charge >= 0.3 is 11.9 Å². The summed E-state index contributed by atoms with van der Waals surface area (Å²) in [5.74, 6) is -1.03. The summed E-state index contributed by atoms with van der Waals surface area (Å²) in [7, 11) is 0. The van der Waals surface area contributed by atoms with Crippen LogP contribution in [-0.2, 0) is 9.59 Å². The summed E-state index contributed by atoms with van der Waals surface area (Å²) in [5.41, 5.74) is 0. The van der Waals surface area contributed by atoms with Crippen LogP contribution < -0.4 is 0 Å². The molecule has 0 atom stereocenters. The van der Waals surface area contributed by atoms with E-state index < -0.39 is 11.9 Å². The Morgan fingerprint density at radius 2 is 1.79 bits per heavy atom. The predicted octanol–water partition coefficient (Wildman–Crippen LogP) is 1.89. The van der Waals surface area contributed by atoms with Gasteiger partial charge in [-0.3, -0.25) is 9.59 Å². The molecule has 0 rings (SSSR count). The van der Waals surface area contributed by atoms with Gasteiger partial charge in [0.25, 0.3) is 0 Å². The Bertz CT molecular complexity index is 191. The summed E-state index contributed by atoms with van der Waals surface area (Å²) in [4.78, 5) is 19.3. The number of aliphatic carboxylic acids is 2. The highest BCUT2D eigenvalue weighted by molar-refractivity contribution is 8.41. The van der Waals surface area contributed by atoms with Crippen molar-refractivity contribution in [1.29, 1.82) is 0 Å². The largest absolute Gasteiger partial charge is 0.481 e. The average Bonchev–Trinajstić information content (AvgIpc) is 2.04. The van der Waals surface area contributed by atoms with Crippen LogP contribution in [-0.4, -0.2) is 31.4 Å². The highest BCUT2D eigenvalue weighted by atomic mass is 32.2. The summed E-state index contributed by atoms with van der Waals surface area (Å²) in [5, 5.41) is 15.9. The normalized spacial score (nSPS) is 8.43. The van der Waals surface area contributed by atoms with Gasteiger partial charge in [-0.25, -0.2) is 0 Å². The standard InChI is InChI=1S/C4H6O2S3.C3H6O2/c5-3(6)1-2-9-4(7)8;1-2-3(4)5/h1-2H2,(H,5,6)(H,7,8);2H2,1H3,(H,4,5). The van der Waals surface area contributed by atoms with Crippen LogP contribution in [0.2, 0.25) is 0 Å². The van der Waals surface area contributed by atoms with Crippen LogP contribution in [0.4, 0.5) is 0 Å². The number of hydrogen-bond acceptors (Lipinski definition) is 4. The zero-order valence-electron chi connectivity index (χ0n) is 7.60. The first-order valence-electron chi connectivity index (χ1n) is 3.69. The molecule has 0 aromatic carbocycles. The Morgan fingerprint density at radius 3 is 2.00 bits per heavy atom. The molecular formula is C7H12O4S3. The van der Waals surface area contributed by atoms with E-state index in [0.29, 0.717) is 9.28 Å². The van der Waals surface area contributed by atoms with Gasteiger partial charge in [0.05, 0.1) is 6.42 Å². The molecule has 0 heterocycles. The van der Waals surface area contributed by atoms with Crippen molar-refractivity contribution in [3.8, 4) is 0 Å². The first kappa shape index (κ1) is 16.2. The molecule has 0 aliphatic carbocycles. The van der Waals surface area contributed by atoms with Crippen molar-refractivity contribution < 1.29 is 19.8 Å². The zero-order valence-corrected chi connectivity index (χ0v) is 10.1. The van der Waals surface area contributed by atoms with Gasteiger partial charge in [0.1, 0.15) is 3.53 Å². The molecule has 82 valence electrons. The lowest BCUT2D eigenvalue weighted by Crippen LogP contribution is -1.96. The van der Waals surface area contributed by atoms with Crippen molar-refractivity contribution >= 4 is 52.1 Å². The Labute approximate surface area is 97.5 Å². The molecule has 0 amide bonds. The van der Waals surface area contributed by atoms with Crippen LogP contribution >= 0.6 is 36.6 Å². The van der Waals surface area contributed by atoms with Crippen LogP contribution in [0.5, 0.6) is 0 Å². The Kier molecular flexibility index (Phi) is 12.5. The van der Waals surface area contributed by atoms with Crippen LogP contribution in [0, 0.1) is 0 Å². The van der Waals surface area contributed by atoms with Crippen LogP contribution in [0.15, 0.2) is 0 Å². The number of thiol groups is 1. The third kappa shape index (κ3) is 22.6. The molecule has 0 unspecified atom stereocenters. The van der Waals surface area contributed by atoms with Crippen molar-refractivity contribution in [3.05, 3.63) is 0 Å². The maximum absolute atomic E-state index is 9.90. The number of carboxylic acids is 2. The maximum Gasteiger partial charge on any atom is 0.304 e. The summed E-state index contributed by atoms with van der Waals surface area (Å²) in [6.45, 7) is 1.60. The highest BCUT2D eigenvalue weighted by Gasteiger charge is 1.96. The average molecular weight is 256 g/mol. The van der Waals surface area contributed by atoms with Crippen LogP contribution in [0.1, 0.15) is 19.8 Å². The molecule has 0 saturated heterocycles. The zero-order chi connectivity index (χ0) is 11.6. The van der Waals surface area contributed by atoms with Crippen molar-refractivity contribution in [2.75, 3.05) is 5.75 Å². The van der Waals surface area contributed by atoms with Gasteiger partial charge in [-0.15, -0.1) is 24.4 Å². The van der Waals surface area contributed by atoms with E-state index >= 15 is 0 Å². The summed E-state index contributed by atoms with van der Waals surface area (Å²) in [6.07, 6.45) is 0.366. The van der Waals surface area contributed by atoms with Gasteiger partial charge < -0.3 is 10.2 Å². The Balaban J connectivity index is 0. The second-order valence-corrected chi connectivity index (χ2v) is 4.83. The van der Waals surface area contributed by atoms with Crippen LogP contribution in [0.25, 0.3) is 0 Å². The lowest BCUT2D eigenvalue weighted by molar-refractivity contribution is -0.137. The fraction of sp³-hybridized carbons (Fsp3) is 0.571. The first-order valence-corrected chi connectivity index (χ1v) is 5.53. The van der Waals surface area contributed by atoms with Gasteiger partial charge in [-0.1, -0.05) is 19.1 Å². The van der Waals surface area contributed by atoms with E-state index in [9.17, 15) is 9.59 Å². The molecule has 2 N–H and O–H groups in total. The molecule has 0 aliphatic heterocycles. The van der Waals surface area contributed by atoms with Crippen LogP contribution in [0.3, 0.4) is 0 Å². The number of carbonyl (C=O) groups is 2. The fourth-order valence-electron chi connectivity index (χ4n) is 0.226. The highest BCUT2D eigenvalue weighted by Crippen LogP contribution is 2.08. The molecule has 14 heavy (non-hydrogen) atoms. The SMILES string of the molecule is CCC(=O)O.O=C(O)CCSC(=S)S. The number of carboxylic acid groups (broad SMARTS) is 2. The molecule has 0 aromatic heterocycles. The molecule has 0 aromatic rings. The van der Waals surface area contributed by atoms with Crippen molar-refractivity contribution in [2.45, 2.75) is 19.8 Å². The van der Waals surface area contributed by atoms with E-state index in [1.54, 1.807) is 6.92 Å². The number of hydrogen-bond donors (Lipinski definition) is 3. The predicted molar refractivity (Wildman–Crippen MR) is 64.2 cm³/mol. The summed E-state index contributed by atoms with van der Waals surface area (Å²) in [6, 6.07) is 0. The van der Waals surface area contributed by atoms with E-state index in [0.717, 1.165) is 0 Å². The Hall–Kier alpha value is -0.270. The van der Waals surface area contributed by atoms with Crippen molar-refractivity contribution in [2.24, 2.45) is 0 Å². The van der Waals surface area contributed by atoms with Crippen molar-refractivity contribution in [1.82, 2.24) is 0 Å².